The minimum absolute atomic E-state index is 0.492. The van der Waals surface area contributed by atoms with Crippen molar-refractivity contribution in [1.82, 2.24) is 24.2 Å². The number of hydrogen-bond acceptors (Lipinski definition) is 5. The van der Waals surface area contributed by atoms with Gasteiger partial charge in [-0.2, -0.15) is 5.10 Å². The summed E-state index contributed by atoms with van der Waals surface area (Å²) in [6.07, 6.45) is 8.00. The van der Waals surface area contributed by atoms with Gasteiger partial charge in [0.05, 0.1) is 12.8 Å². The van der Waals surface area contributed by atoms with Gasteiger partial charge in [-0.05, 0) is 31.0 Å². The number of nitrogens with zero attached hydrogens (tertiary/aromatic N) is 5. The Hall–Kier alpha value is -2.87. The van der Waals surface area contributed by atoms with Gasteiger partial charge in [-0.15, -0.1) is 0 Å². The summed E-state index contributed by atoms with van der Waals surface area (Å²) in [6.45, 7) is 2.07. The number of furan rings is 1. The molecule has 4 heterocycles. The fraction of sp³-hybridized carbons (Fsp3) is 0.389. The van der Waals surface area contributed by atoms with Gasteiger partial charge in [0.25, 0.3) is 0 Å². The van der Waals surface area contributed by atoms with Crippen LogP contribution >= 0.6 is 0 Å². The minimum atomic E-state index is -1.02. The van der Waals surface area contributed by atoms with Crippen LogP contribution in [0.2, 0.25) is 0 Å². The predicted molar refractivity (Wildman–Crippen MR) is 93.3 cm³/mol. The fourth-order valence-electron chi connectivity index (χ4n) is 3.49. The van der Waals surface area contributed by atoms with E-state index < -0.39 is 11.5 Å². The maximum absolute atomic E-state index is 12.1. The first-order valence-corrected chi connectivity index (χ1v) is 8.60. The summed E-state index contributed by atoms with van der Waals surface area (Å²) in [6, 6.07) is 5.40. The van der Waals surface area contributed by atoms with Crippen LogP contribution in [0.4, 0.5) is 0 Å². The summed E-state index contributed by atoms with van der Waals surface area (Å²) in [5.41, 5.74) is -0.380. The Morgan fingerprint density at radius 3 is 2.73 bits per heavy atom. The van der Waals surface area contributed by atoms with E-state index in [1.165, 1.54) is 0 Å². The molecule has 3 aromatic rings. The van der Waals surface area contributed by atoms with Gasteiger partial charge >= 0.3 is 5.97 Å². The zero-order valence-electron chi connectivity index (χ0n) is 14.6. The van der Waals surface area contributed by atoms with E-state index in [1.807, 2.05) is 23.9 Å². The third-order valence-corrected chi connectivity index (χ3v) is 5.17. The van der Waals surface area contributed by atoms with Crippen LogP contribution in [0.3, 0.4) is 0 Å². The number of carbonyl (C=O) groups is 1. The standard InChI is InChI=1S/C18H21N5O3/c1-21-11-7-19-16(21)13-22-9-5-18(6-10-22,17(24)25)23-8-4-14(20-23)15-3-2-12-26-15/h2-4,7-8,11-12H,5-6,9-10,13H2,1H3,(H,24,25). The number of piperidine rings is 1. The van der Waals surface area contributed by atoms with Crippen LogP contribution in [-0.4, -0.2) is 48.4 Å². The normalized spacial score (nSPS) is 17.4. The topological polar surface area (TPSA) is 89.3 Å². The second-order valence-electron chi connectivity index (χ2n) is 6.69. The maximum Gasteiger partial charge on any atom is 0.331 e. The average Bonchev–Trinajstić information content (AvgIpc) is 3.37. The lowest BCUT2D eigenvalue weighted by Crippen LogP contribution is -2.51. The molecule has 0 unspecified atom stereocenters. The van der Waals surface area contributed by atoms with Gasteiger partial charge < -0.3 is 14.1 Å². The molecule has 3 aromatic heterocycles. The zero-order valence-corrected chi connectivity index (χ0v) is 14.6. The van der Waals surface area contributed by atoms with Crippen molar-refractivity contribution in [3.8, 4) is 11.5 Å². The molecule has 1 N–H and O–H groups in total. The molecular weight excluding hydrogens is 334 g/mol. The molecular formula is C18H21N5O3. The highest BCUT2D eigenvalue weighted by Gasteiger charge is 2.44. The predicted octanol–water partition coefficient (Wildman–Crippen LogP) is 1.95. The molecule has 8 nitrogen and oxygen atoms in total. The molecule has 4 rings (SSSR count). The average molecular weight is 355 g/mol. The smallest absolute Gasteiger partial charge is 0.331 e. The highest BCUT2D eigenvalue weighted by molar-refractivity contribution is 5.77. The molecule has 8 heteroatoms. The molecule has 0 saturated carbocycles. The number of aromatic nitrogens is 4. The lowest BCUT2D eigenvalue weighted by molar-refractivity contribution is -0.151. The van der Waals surface area contributed by atoms with E-state index in [0.29, 0.717) is 37.4 Å². The molecule has 0 amide bonds. The summed E-state index contributed by atoms with van der Waals surface area (Å²) in [4.78, 5) is 18.7. The number of imidazole rings is 1. The van der Waals surface area contributed by atoms with Crippen LogP contribution in [0.1, 0.15) is 18.7 Å². The SMILES string of the molecule is Cn1ccnc1CN1CCC(C(=O)O)(n2ccc(-c3ccco3)n2)CC1. The quantitative estimate of drug-likeness (QED) is 0.752. The third kappa shape index (κ3) is 2.82. The lowest BCUT2D eigenvalue weighted by Gasteiger charge is -2.38. The highest BCUT2D eigenvalue weighted by Crippen LogP contribution is 2.32. The first kappa shape index (κ1) is 16.6. The van der Waals surface area contributed by atoms with E-state index >= 15 is 0 Å². The van der Waals surface area contributed by atoms with Crippen molar-refractivity contribution in [3.05, 3.63) is 48.9 Å². The van der Waals surface area contributed by atoms with Crippen LogP contribution < -0.4 is 0 Å². The summed E-state index contributed by atoms with van der Waals surface area (Å²) in [5.74, 6) is 0.770. The van der Waals surface area contributed by atoms with Crippen molar-refractivity contribution >= 4 is 5.97 Å². The van der Waals surface area contributed by atoms with E-state index in [4.69, 9.17) is 4.42 Å². The zero-order chi connectivity index (χ0) is 18.1. The molecule has 1 aliphatic rings. The second kappa shape index (κ2) is 6.45. The first-order chi connectivity index (χ1) is 12.6. The molecule has 0 aromatic carbocycles. The Bertz CT molecular complexity index is 888. The number of rotatable bonds is 5. The van der Waals surface area contributed by atoms with Crippen molar-refractivity contribution in [2.45, 2.75) is 24.9 Å². The summed E-state index contributed by atoms with van der Waals surface area (Å²) in [5, 5.41) is 14.4. The number of aliphatic carboxylic acids is 1. The van der Waals surface area contributed by atoms with Crippen molar-refractivity contribution in [3.63, 3.8) is 0 Å². The number of aryl methyl sites for hydroxylation is 1. The maximum atomic E-state index is 12.1. The molecule has 136 valence electrons. The number of hydrogen-bond donors (Lipinski definition) is 1. The van der Waals surface area contributed by atoms with Crippen molar-refractivity contribution in [1.29, 1.82) is 0 Å². The van der Waals surface area contributed by atoms with Gasteiger partial charge in [0.2, 0.25) is 0 Å². The molecule has 0 bridgehead atoms. The molecule has 26 heavy (non-hydrogen) atoms. The molecule has 1 saturated heterocycles. The molecule has 1 aliphatic heterocycles. The Kier molecular flexibility index (Phi) is 4.12. The number of likely N-dealkylation sites (tertiary alicyclic amines) is 1. The van der Waals surface area contributed by atoms with Gasteiger partial charge in [0, 0.05) is 38.7 Å². The minimum Gasteiger partial charge on any atom is -0.479 e. The Balaban J connectivity index is 1.52. The van der Waals surface area contributed by atoms with Gasteiger partial charge in [-0.1, -0.05) is 0 Å². The fourth-order valence-corrected chi connectivity index (χ4v) is 3.49. The van der Waals surface area contributed by atoms with Crippen LogP contribution in [0.5, 0.6) is 0 Å². The van der Waals surface area contributed by atoms with Crippen molar-refractivity contribution in [2.75, 3.05) is 13.1 Å². The van der Waals surface area contributed by atoms with Gasteiger partial charge in [0.15, 0.2) is 11.3 Å². The van der Waals surface area contributed by atoms with Crippen LogP contribution in [-0.2, 0) is 23.9 Å². The largest absolute Gasteiger partial charge is 0.479 e. The third-order valence-electron chi connectivity index (χ3n) is 5.17. The summed E-state index contributed by atoms with van der Waals surface area (Å²) < 4.78 is 8.94. The number of carboxylic acids is 1. The van der Waals surface area contributed by atoms with E-state index in [0.717, 1.165) is 12.4 Å². The Morgan fingerprint density at radius 1 is 1.31 bits per heavy atom. The van der Waals surface area contributed by atoms with Crippen LogP contribution in [0.25, 0.3) is 11.5 Å². The molecule has 0 atom stereocenters. The molecule has 0 spiro atoms. The lowest BCUT2D eigenvalue weighted by atomic mass is 9.87. The van der Waals surface area contributed by atoms with E-state index in [-0.39, 0.29) is 0 Å². The second-order valence-corrected chi connectivity index (χ2v) is 6.69. The summed E-state index contributed by atoms with van der Waals surface area (Å²) in [7, 11) is 1.97. The van der Waals surface area contributed by atoms with E-state index in [2.05, 4.69) is 15.0 Å². The van der Waals surface area contributed by atoms with Crippen LogP contribution in [0.15, 0.2) is 47.5 Å². The van der Waals surface area contributed by atoms with Gasteiger partial charge in [0.1, 0.15) is 11.5 Å². The first-order valence-electron chi connectivity index (χ1n) is 8.60. The van der Waals surface area contributed by atoms with Gasteiger partial charge in [-0.25, -0.2) is 9.78 Å². The monoisotopic (exact) mass is 355 g/mol. The highest BCUT2D eigenvalue weighted by atomic mass is 16.4. The Labute approximate surface area is 150 Å². The number of carboxylic acid groups (broad SMARTS) is 1. The molecule has 0 radical (unpaired) electrons. The van der Waals surface area contributed by atoms with Crippen LogP contribution in [0, 0.1) is 0 Å². The van der Waals surface area contributed by atoms with Gasteiger partial charge in [-0.3, -0.25) is 9.58 Å². The molecule has 0 aliphatic carbocycles. The molecule has 1 fully saturated rings. The van der Waals surface area contributed by atoms with E-state index in [1.54, 1.807) is 35.5 Å². The Morgan fingerprint density at radius 2 is 2.12 bits per heavy atom. The van der Waals surface area contributed by atoms with E-state index in [9.17, 15) is 9.90 Å². The summed E-state index contributed by atoms with van der Waals surface area (Å²) >= 11 is 0. The van der Waals surface area contributed by atoms with Crippen molar-refractivity contribution < 1.29 is 14.3 Å². The van der Waals surface area contributed by atoms with Crippen molar-refractivity contribution in [2.24, 2.45) is 7.05 Å².